The van der Waals surface area contributed by atoms with Crippen LogP contribution in [-0.2, 0) is 19.5 Å². The van der Waals surface area contributed by atoms with Crippen LogP contribution >= 0.6 is 0 Å². The topological polar surface area (TPSA) is 67.4 Å². The monoisotopic (exact) mass is 379 g/mol. The van der Waals surface area contributed by atoms with Crippen LogP contribution in [0.2, 0.25) is 0 Å². The summed E-state index contributed by atoms with van der Waals surface area (Å²) < 4.78 is 7.33. The first-order chi connectivity index (χ1) is 13.7. The van der Waals surface area contributed by atoms with Gasteiger partial charge >= 0.3 is 0 Å². The van der Waals surface area contributed by atoms with Crippen LogP contribution in [0.4, 0.5) is 0 Å². The zero-order valence-corrected chi connectivity index (χ0v) is 16.6. The highest BCUT2D eigenvalue weighted by molar-refractivity contribution is 5.79. The number of nitrogens with one attached hydrogen (secondary N) is 2. The summed E-state index contributed by atoms with van der Waals surface area (Å²) in [5.41, 5.74) is 2.43. The molecule has 0 atom stereocenters. The quantitative estimate of drug-likeness (QED) is 0.441. The second kappa shape index (κ2) is 10.3. The van der Waals surface area contributed by atoms with Crippen molar-refractivity contribution >= 4 is 5.96 Å². The minimum atomic E-state index is 0.546. The van der Waals surface area contributed by atoms with Gasteiger partial charge in [0.05, 0.1) is 19.4 Å². The summed E-state index contributed by atoms with van der Waals surface area (Å²) in [7, 11) is 0. The van der Waals surface area contributed by atoms with Crippen LogP contribution in [0.5, 0.6) is 0 Å². The van der Waals surface area contributed by atoms with Gasteiger partial charge in [-0.05, 0) is 35.2 Å². The Labute approximate surface area is 166 Å². The molecule has 6 heteroatoms. The molecule has 0 radical (unpaired) electrons. The van der Waals surface area contributed by atoms with Gasteiger partial charge < -0.3 is 15.1 Å². The predicted octanol–water partition coefficient (Wildman–Crippen LogP) is 3.46. The van der Waals surface area contributed by atoms with E-state index in [1.807, 2.05) is 29.1 Å². The zero-order chi connectivity index (χ0) is 19.6. The summed E-state index contributed by atoms with van der Waals surface area (Å²) in [6.45, 7) is 7.39. The smallest absolute Gasteiger partial charge is 0.191 e. The molecular formula is C22H29N5O. The lowest BCUT2D eigenvalue weighted by molar-refractivity contribution is 0.506. The first-order valence-electron chi connectivity index (χ1n) is 9.79. The number of furan rings is 1. The third-order valence-corrected chi connectivity index (χ3v) is 4.34. The maximum Gasteiger partial charge on any atom is 0.191 e. The molecule has 1 aromatic carbocycles. The zero-order valence-electron chi connectivity index (χ0n) is 16.6. The number of aromatic nitrogens is 2. The van der Waals surface area contributed by atoms with E-state index in [-0.39, 0.29) is 0 Å². The van der Waals surface area contributed by atoms with Crippen molar-refractivity contribution in [3.8, 4) is 0 Å². The lowest BCUT2D eigenvalue weighted by atomic mass is 10.1. The van der Waals surface area contributed by atoms with Crippen LogP contribution in [-0.4, -0.2) is 28.8 Å². The number of hydrogen-bond acceptors (Lipinski definition) is 3. The summed E-state index contributed by atoms with van der Waals surface area (Å²) in [5.74, 6) is 2.35. The third-order valence-electron chi connectivity index (χ3n) is 4.34. The average molecular weight is 380 g/mol. The minimum Gasteiger partial charge on any atom is -0.469 e. The van der Waals surface area contributed by atoms with Crippen LogP contribution in [0, 0.1) is 5.92 Å². The van der Waals surface area contributed by atoms with Crippen molar-refractivity contribution < 1.29 is 4.42 Å². The van der Waals surface area contributed by atoms with Gasteiger partial charge in [0.25, 0.3) is 0 Å². The third kappa shape index (κ3) is 6.30. The van der Waals surface area contributed by atoms with Crippen LogP contribution < -0.4 is 10.6 Å². The van der Waals surface area contributed by atoms with Crippen molar-refractivity contribution in [2.75, 3.05) is 13.1 Å². The first-order valence-corrected chi connectivity index (χ1v) is 9.79. The lowest BCUT2D eigenvalue weighted by Gasteiger charge is -2.14. The molecule has 2 aromatic heterocycles. The average Bonchev–Trinajstić information content (AvgIpc) is 3.38. The molecule has 0 bridgehead atoms. The molecule has 0 aliphatic rings. The predicted molar refractivity (Wildman–Crippen MR) is 112 cm³/mol. The highest BCUT2D eigenvalue weighted by Crippen LogP contribution is 2.11. The van der Waals surface area contributed by atoms with Crippen molar-refractivity contribution in [2.24, 2.45) is 10.9 Å². The number of nitrogens with zero attached hydrogens (tertiary/aromatic N) is 3. The molecule has 0 fully saturated rings. The van der Waals surface area contributed by atoms with E-state index < -0.39 is 0 Å². The van der Waals surface area contributed by atoms with Crippen molar-refractivity contribution in [1.82, 2.24) is 20.4 Å². The van der Waals surface area contributed by atoms with E-state index in [2.05, 4.69) is 53.8 Å². The second-order valence-corrected chi connectivity index (χ2v) is 7.17. The molecule has 3 aromatic rings. The fourth-order valence-electron chi connectivity index (χ4n) is 2.83. The molecule has 0 amide bonds. The van der Waals surface area contributed by atoms with E-state index in [9.17, 15) is 0 Å². The van der Waals surface area contributed by atoms with E-state index in [4.69, 9.17) is 9.41 Å². The van der Waals surface area contributed by atoms with Crippen molar-refractivity contribution in [3.63, 3.8) is 0 Å². The SMILES string of the molecule is CC(C)CNC(=NCc1ccccc1Cn1cccn1)NCCc1ccco1. The van der Waals surface area contributed by atoms with Gasteiger partial charge in [0.1, 0.15) is 5.76 Å². The van der Waals surface area contributed by atoms with Crippen molar-refractivity contribution in [1.29, 1.82) is 0 Å². The van der Waals surface area contributed by atoms with Gasteiger partial charge in [0.15, 0.2) is 5.96 Å². The highest BCUT2D eigenvalue weighted by Gasteiger charge is 2.05. The van der Waals surface area contributed by atoms with Gasteiger partial charge in [-0.25, -0.2) is 4.99 Å². The highest BCUT2D eigenvalue weighted by atomic mass is 16.3. The number of guanidine groups is 1. The van der Waals surface area contributed by atoms with E-state index in [0.717, 1.165) is 37.8 Å². The summed E-state index contributed by atoms with van der Waals surface area (Å²) in [5, 5.41) is 11.1. The summed E-state index contributed by atoms with van der Waals surface area (Å²) >= 11 is 0. The molecule has 0 saturated carbocycles. The molecule has 2 N–H and O–H groups in total. The molecule has 0 unspecified atom stereocenters. The number of benzene rings is 1. The fourth-order valence-corrected chi connectivity index (χ4v) is 2.83. The molecule has 28 heavy (non-hydrogen) atoms. The molecule has 0 spiro atoms. The molecule has 3 rings (SSSR count). The van der Waals surface area contributed by atoms with Crippen LogP contribution in [0.1, 0.15) is 30.7 Å². The maximum atomic E-state index is 5.40. The second-order valence-electron chi connectivity index (χ2n) is 7.17. The number of rotatable bonds is 9. The Balaban J connectivity index is 1.64. The summed E-state index contributed by atoms with van der Waals surface area (Å²) in [4.78, 5) is 4.81. The van der Waals surface area contributed by atoms with Gasteiger partial charge in [-0.2, -0.15) is 5.10 Å². The van der Waals surface area contributed by atoms with E-state index in [0.29, 0.717) is 12.5 Å². The number of aliphatic imine (C=N–C) groups is 1. The Morgan fingerprint density at radius 1 is 1.11 bits per heavy atom. The minimum absolute atomic E-state index is 0.546. The number of hydrogen-bond donors (Lipinski definition) is 2. The molecule has 0 aliphatic heterocycles. The van der Waals surface area contributed by atoms with Crippen molar-refractivity contribution in [2.45, 2.75) is 33.4 Å². The molecule has 2 heterocycles. The molecule has 148 valence electrons. The largest absolute Gasteiger partial charge is 0.469 e. The fraction of sp³-hybridized carbons (Fsp3) is 0.364. The lowest BCUT2D eigenvalue weighted by Crippen LogP contribution is -2.40. The Morgan fingerprint density at radius 2 is 1.96 bits per heavy atom. The normalized spacial score (nSPS) is 11.8. The van der Waals surface area contributed by atoms with E-state index >= 15 is 0 Å². The summed E-state index contributed by atoms with van der Waals surface area (Å²) in [6, 6.07) is 14.2. The standard InChI is InChI=1S/C22H29N5O/c1-18(2)15-24-22(23-12-10-21-9-5-14-28-21)25-16-19-7-3-4-8-20(19)17-27-13-6-11-26-27/h3-9,11,13-14,18H,10,12,15-17H2,1-2H3,(H2,23,24,25). The first kappa shape index (κ1) is 19.7. The van der Waals surface area contributed by atoms with Gasteiger partial charge in [-0.3, -0.25) is 4.68 Å². The van der Waals surface area contributed by atoms with Crippen LogP contribution in [0.3, 0.4) is 0 Å². The van der Waals surface area contributed by atoms with Crippen LogP contribution in [0.15, 0.2) is 70.5 Å². The van der Waals surface area contributed by atoms with Crippen LogP contribution in [0.25, 0.3) is 0 Å². The van der Waals surface area contributed by atoms with Gasteiger partial charge in [0, 0.05) is 31.9 Å². The van der Waals surface area contributed by atoms with E-state index in [1.54, 1.807) is 12.5 Å². The Kier molecular flexibility index (Phi) is 7.29. The summed E-state index contributed by atoms with van der Waals surface area (Å²) in [6.07, 6.45) is 6.31. The van der Waals surface area contributed by atoms with Gasteiger partial charge in [0.2, 0.25) is 0 Å². The van der Waals surface area contributed by atoms with Gasteiger partial charge in [-0.1, -0.05) is 38.1 Å². The Bertz CT molecular complexity index is 838. The Hall–Kier alpha value is -3.02. The molecule has 0 aliphatic carbocycles. The maximum absolute atomic E-state index is 5.40. The molecular weight excluding hydrogens is 350 g/mol. The van der Waals surface area contributed by atoms with Crippen molar-refractivity contribution in [3.05, 3.63) is 78.0 Å². The van der Waals surface area contributed by atoms with Gasteiger partial charge in [-0.15, -0.1) is 0 Å². The van der Waals surface area contributed by atoms with E-state index in [1.165, 1.54) is 11.1 Å². The molecule has 6 nitrogen and oxygen atoms in total. The molecule has 0 saturated heterocycles. The Morgan fingerprint density at radius 3 is 2.68 bits per heavy atom.